The Kier molecular flexibility index (Phi) is 6.51. The first-order valence-corrected chi connectivity index (χ1v) is 10.3. The first-order chi connectivity index (χ1) is 15.7. The molecule has 33 heavy (non-hydrogen) atoms. The molecule has 1 aliphatic carbocycles. The van der Waals surface area contributed by atoms with Crippen molar-refractivity contribution in [3.8, 4) is 17.1 Å². The van der Waals surface area contributed by atoms with Crippen LogP contribution in [0.1, 0.15) is 25.3 Å². The Balaban J connectivity index is 0.000000325. The number of carbonyl (C=O) groups is 1. The van der Waals surface area contributed by atoms with Crippen molar-refractivity contribution in [3.63, 3.8) is 0 Å². The third-order valence-corrected chi connectivity index (χ3v) is 5.56. The molecule has 0 bridgehead atoms. The lowest BCUT2D eigenvalue weighted by Gasteiger charge is -2.34. The highest BCUT2D eigenvalue weighted by molar-refractivity contribution is 5.73. The van der Waals surface area contributed by atoms with Crippen LogP contribution in [0.25, 0.3) is 16.8 Å². The fraction of sp³-hybridized carbons (Fsp3) is 0.500. The van der Waals surface area contributed by atoms with Crippen LogP contribution in [0.4, 0.5) is 13.2 Å². The van der Waals surface area contributed by atoms with E-state index >= 15 is 0 Å². The Bertz CT molecular complexity index is 1100. The van der Waals surface area contributed by atoms with E-state index < -0.39 is 12.1 Å². The number of hydrogen-bond donors (Lipinski definition) is 2. The summed E-state index contributed by atoms with van der Waals surface area (Å²) in [5.41, 5.74) is 2.66. The van der Waals surface area contributed by atoms with E-state index in [-0.39, 0.29) is 6.10 Å². The molecule has 2 aliphatic rings. The van der Waals surface area contributed by atoms with Crippen molar-refractivity contribution >= 4 is 11.5 Å². The van der Waals surface area contributed by atoms with E-state index in [1.807, 2.05) is 40.9 Å². The number of aromatic nitrogens is 5. The van der Waals surface area contributed by atoms with E-state index in [0.29, 0.717) is 18.0 Å². The minimum atomic E-state index is -5.08. The highest BCUT2D eigenvalue weighted by atomic mass is 19.4. The Hall–Kier alpha value is -3.19. The quantitative estimate of drug-likeness (QED) is 0.586. The lowest BCUT2D eigenvalue weighted by Crippen LogP contribution is -2.45. The first-order valence-electron chi connectivity index (χ1n) is 10.3. The smallest absolute Gasteiger partial charge is 0.475 e. The maximum Gasteiger partial charge on any atom is 0.490 e. The molecule has 0 spiro atoms. The molecule has 0 aromatic carbocycles. The molecule has 178 valence electrons. The maximum atomic E-state index is 10.6. The van der Waals surface area contributed by atoms with Gasteiger partial charge in [-0.05, 0) is 32.4 Å². The van der Waals surface area contributed by atoms with Crippen LogP contribution in [0.2, 0.25) is 0 Å². The number of halogens is 3. The van der Waals surface area contributed by atoms with Crippen molar-refractivity contribution in [2.45, 2.75) is 43.6 Å². The summed E-state index contributed by atoms with van der Waals surface area (Å²) >= 11 is 0. The van der Waals surface area contributed by atoms with Gasteiger partial charge in [0.15, 0.2) is 0 Å². The molecule has 1 saturated carbocycles. The Morgan fingerprint density at radius 3 is 2.70 bits per heavy atom. The molecule has 5 rings (SSSR count). The molecule has 13 heteroatoms. The Labute approximate surface area is 186 Å². The summed E-state index contributed by atoms with van der Waals surface area (Å²) in [7, 11) is 1.99. The van der Waals surface area contributed by atoms with Crippen molar-refractivity contribution in [1.29, 1.82) is 0 Å². The molecular weight excluding hydrogens is 445 g/mol. The van der Waals surface area contributed by atoms with Gasteiger partial charge in [0, 0.05) is 24.4 Å². The number of hydrogen-bond acceptors (Lipinski definition) is 7. The van der Waals surface area contributed by atoms with E-state index in [9.17, 15) is 13.2 Å². The summed E-state index contributed by atoms with van der Waals surface area (Å²) in [6.07, 6.45) is 5.68. The third-order valence-electron chi connectivity index (χ3n) is 5.56. The summed E-state index contributed by atoms with van der Waals surface area (Å²) in [5.74, 6) is -2.12. The molecule has 2 fully saturated rings. The predicted molar refractivity (Wildman–Crippen MR) is 109 cm³/mol. The van der Waals surface area contributed by atoms with Gasteiger partial charge in [-0.15, -0.1) is 0 Å². The van der Waals surface area contributed by atoms with E-state index in [1.54, 1.807) is 6.20 Å². The van der Waals surface area contributed by atoms with E-state index in [0.717, 1.165) is 49.3 Å². The molecular formula is C20H23F3N6O4. The fourth-order valence-corrected chi connectivity index (χ4v) is 3.58. The van der Waals surface area contributed by atoms with Gasteiger partial charge < -0.3 is 19.9 Å². The SMILES string of the molecule is CNC1CC(Oc2nc(-c3cnn(C4CCOC4)c3)cn3nccc23)C1.O=C(O)C(F)(F)F. The maximum absolute atomic E-state index is 10.6. The molecule has 3 aromatic rings. The molecule has 1 atom stereocenters. The average molecular weight is 468 g/mol. The van der Waals surface area contributed by atoms with Gasteiger partial charge in [0.2, 0.25) is 5.88 Å². The summed E-state index contributed by atoms with van der Waals surface area (Å²) in [5, 5.41) is 19.3. The van der Waals surface area contributed by atoms with Crippen LogP contribution >= 0.6 is 0 Å². The van der Waals surface area contributed by atoms with Crippen molar-refractivity contribution < 1.29 is 32.5 Å². The average Bonchev–Trinajstić information content (AvgIpc) is 3.50. The van der Waals surface area contributed by atoms with Gasteiger partial charge in [-0.25, -0.2) is 14.3 Å². The van der Waals surface area contributed by atoms with Crippen LogP contribution in [0, 0.1) is 0 Å². The highest BCUT2D eigenvalue weighted by Gasteiger charge is 2.38. The number of nitrogens with zero attached hydrogens (tertiary/aromatic N) is 5. The van der Waals surface area contributed by atoms with Crippen LogP contribution in [-0.2, 0) is 9.53 Å². The standard InChI is InChI=1S/C18H22N6O2.C2HF3O2/c1-19-13-6-15(7-13)26-18-17-2-4-20-24(17)10-16(22-18)12-8-21-23(9-12)14-3-5-25-11-14;3-2(4,5)1(6)7/h2,4,8-10,13-15,19H,3,5-7,11H2,1H3;(H,6,7). The lowest BCUT2D eigenvalue weighted by atomic mass is 9.89. The van der Waals surface area contributed by atoms with Crippen molar-refractivity contribution in [2.75, 3.05) is 20.3 Å². The molecule has 10 nitrogen and oxygen atoms in total. The van der Waals surface area contributed by atoms with Gasteiger partial charge >= 0.3 is 12.1 Å². The number of aliphatic carboxylic acids is 1. The number of carboxylic acid groups (broad SMARTS) is 1. The minimum Gasteiger partial charge on any atom is -0.475 e. The number of fused-ring (bicyclic) bond motifs is 1. The second-order valence-corrected chi connectivity index (χ2v) is 7.82. The zero-order chi connectivity index (χ0) is 23.6. The van der Waals surface area contributed by atoms with Crippen LogP contribution in [-0.4, -0.2) is 74.0 Å². The van der Waals surface area contributed by atoms with Crippen molar-refractivity contribution in [2.24, 2.45) is 0 Å². The fourth-order valence-electron chi connectivity index (χ4n) is 3.58. The third kappa shape index (κ3) is 5.25. The van der Waals surface area contributed by atoms with Crippen LogP contribution < -0.4 is 10.1 Å². The molecule has 0 amide bonds. The highest BCUT2D eigenvalue weighted by Crippen LogP contribution is 2.30. The van der Waals surface area contributed by atoms with Gasteiger partial charge in [-0.3, -0.25) is 4.68 Å². The summed E-state index contributed by atoms with van der Waals surface area (Å²) in [6, 6.07) is 2.77. The molecule has 3 aromatic heterocycles. The lowest BCUT2D eigenvalue weighted by molar-refractivity contribution is -0.192. The normalized spacial score (nSPS) is 22.5. The number of carboxylic acids is 1. The molecule has 4 heterocycles. The van der Waals surface area contributed by atoms with Crippen LogP contribution in [0.3, 0.4) is 0 Å². The molecule has 2 N–H and O–H groups in total. The monoisotopic (exact) mass is 468 g/mol. The number of alkyl halides is 3. The summed E-state index contributed by atoms with van der Waals surface area (Å²) in [4.78, 5) is 13.7. The summed E-state index contributed by atoms with van der Waals surface area (Å²) in [6.45, 7) is 1.51. The Morgan fingerprint density at radius 2 is 2.06 bits per heavy atom. The first kappa shape index (κ1) is 23.0. The predicted octanol–water partition coefficient (Wildman–Crippen LogP) is 2.32. The molecule has 0 radical (unpaired) electrons. The Morgan fingerprint density at radius 1 is 1.30 bits per heavy atom. The van der Waals surface area contributed by atoms with Crippen LogP contribution in [0.15, 0.2) is 30.9 Å². The number of nitrogens with one attached hydrogen (secondary N) is 1. The van der Waals surface area contributed by atoms with E-state index in [1.165, 1.54) is 0 Å². The van der Waals surface area contributed by atoms with Gasteiger partial charge in [0.05, 0.1) is 36.9 Å². The van der Waals surface area contributed by atoms with Crippen LogP contribution in [0.5, 0.6) is 5.88 Å². The molecule has 1 aliphatic heterocycles. The van der Waals surface area contributed by atoms with Gasteiger partial charge in [0.25, 0.3) is 0 Å². The number of ether oxygens (including phenoxy) is 2. The van der Waals surface area contributed by atoms with E-state index in [4.69, 9.17) is 24.4 Å². The molecule has 1 saturated heterocycles. The summed E-state index contributed by atoms with van der Waals surface area (Å²) < 4.78 is 47.2. The zero-order valence-corrected chi connectivity index (χ0v) is 17.7. The van der Waals surface area contributed by atoms with E-state index in [2.05, 4.69) is 15.5 Å². The second kappa shape index (κ2) is 9.35. The van der Waals surface area contributed by atoms with Crippen molar-refractivity contribution in [3.05, 3.63) is 30.9 Å². The van der Waals surface area contributed by atoms with Gasteiger partial charge in [-0.1, -0.05) is 0 Å². The van der Waals surface area contributed by atoms with Gasteiger partial charge in [0.1, 0.15) is 11.6 Å². The largest absolute Gasteiger partial charge is 0.490 e. The number of rotatable bonds is 5. The second-order valence-electron chi connectivity index (χ2n) is 7.82. The van der Waals surface area contributed by atoms with Crippen molar-refractivity contribution in [1.82, 2.24) is 29.7 Å². The zero-order valence-electron chi connectivity index (χ0n) is 17.7. The van der Waals surface area contributed by atoms with Gasteiger partial charge in [-0.2, -0.15) is 23.4 Å². The minimum absolute atomic E-state index is 0.201. The molecule has 1 unspecified atom stereocenters. The topological polar surface area (TPSA) is 116 Å².